The van der Waals surface area contributed by atoms with Crippen LogP contribution in [0.3, 0.4) is 0 Å². The number of fused-ring (bicyclic) bond motifs is 1. The fourth-order valence-electron chi connectivity index (χ4n) is 2.11. The molecule has 1 aromatic heterocycles. The quantitative estimate of drug-likeness (QED) is 0.817. The molecule has 5 heteroatoms. The maximum atomic E-state index is 11.7. The molecule has 0 fully saturated rings. The molecule has 0 atom stereocenters. The second-order valence-electron chi connectivity index (χ2n) is 4.55. The van der Waals surface area contributed by atoms with Gasteiger partial charge in [0.25, 0.3) is 0 Å². The number of nitrogens with zero attached hydrogens (tertiary/aromatic N) is 2. The SMILES string of the molecule is Cc1cnc(N2CC(=O)Nc3ccccc32)cc1N. The first-order chi connectivity index (χ1) is 9.15. The lowest BCUT2D eigenvalue weighted by Crippen LogP contribution is -2.35. The molecule has 0 unspecified atom stereocenters. The normalized spacial score (nSPS) is 13.9. The number of aromatic nitrogens is 1. The first-order valence-electron chi connectivity index (χ1n) is 6.03. The molecule has 0 saturated heterocycles. The summed E-state index contributed by atoms with van der Waals surface area (Å²) in [7, 11) is 0. The number of hydrogen-bond donors (Lipinski definition) is 2. The van der Waals surface area contributed by atoms with Gasteiger partial charge in [-0.25, -0.2) is 4.98 Å². The zero-order chi connectivity index (χ0) is 13.4. The van der Waals surface area contributed by atoms with Crippen molar-refractivity contribution in [2.75, 3.05) is 22.5 Å². The lowest BCUT2D eigenvalue weighted by molar-refractivity contribution is -0.115. The van der Waals surface area contributed by atoms with Gasteiger partial charge in [-0.05, 0) is 24.6 Å². The molecule has 0 aliphatic carbocycles. The Kier molecular flexibility index (Phi) is 2.59. The fraction of sp³-hybridized carbons (Fsp3) is 0.143. The van der Waals surface area contributed by atoms with Crippen molar-refractivity contribution in [3.8, 4) is 0 Å². The summed E-state index contributed by atoms with van der Waals surface area (Å²) in [5, 5.41) is 2.85. The Hall–Kier alpha value is -2.56. The van der Waals surface area contributed by atoms with Gasteiger partial charge in [-0.3, -0.25) is 4.79 Å². The fourth-order valence-corrected chi connectivity index (χ4v) is 2.11. The first-order valence-corrected chi connectivity index (χ1v) is 6.03. The summed E-state index contributed by atoms with van der Waals surface area (Å²) in [5.41, 5.74) is 9.24. The van der Waals surface area contributed by atoms with Gasteiger partial charge in [0, 0.05) is 18.0 Å². The van der Waals surface area contributed by atoms with E-state index < -0.39 is 0 Å². The zero-order valence-corrected chi connectivity index (χ0v) is 10.6. The minimum Gasteiger partial charge on any atom is -0.398 e. The van der Waals surface area contributed by atoms with Crippen molar-refractivity contribution in [3.05, 3.63) is 42.1 Å². The predicted molar refractivity (Wildman–Crippen MR) is 75.5 cm³/mol. The van der Waals surface area contributed by atoms with Crippen LogP contribution in [0.1, 0.15) is 5.56 Å². The molecule has 3 N–H and O–H groups in total. The number of carbonyl (C=O) groups is 1. The van der Waals surface area contributed by atoms with Gasteiger partial charge in [0.2, 0.25) is 5.91 Å². The minimum atomic E-state index is -0.0559. The number of carbonyl (C=O) groups excluding carboxylic acids is 1. The molecule has 19 heavy (non-hydrogen) atoms. The van der Waals surface area contributed by atoms with Crippen LogP contribution in [0, 0.1) is 6.92 Å². The number of nitrogens with two attached hydrogens (primary N) is 1. The van der Waals surface area contributed by atoms with Crippen LogP contribution < -0.4 is 16.0 Å². The molecular weight excluding hydrogens is 240 g/mol. The number of pyridine rings is 1. The van der Waals surface area contributed by atoms with Crippen molar-refractivity contribution < 1.29 is 4.79 Å². The minimum absolute atomic E-state index is 0.0559. The van der Waals surface area contributed by atoms with Gasteiger partial charge in [-0.1, -0.05) is 12.1 Å². The Balaban J connectivity index is 2.09. The number of para-hydroxylation sites is 2. The Bertz CT molecular complexity index is 654. The smallest absolute Gasteiger partial charge is 0.244 e. The molecule has 3 rings (SSSR count). The molecule has 0 saturated carbocycles. The second kappa shape index (κ2) is 4.28. The van der Waals surface area contributed by atoms with Gasteiger partial charge in [-0.15, -0.1) is 0 Å². The maximum Gasteiger partial charge on any atom is 0.244 e. The van der Waals surface area contributed by atoms with E-state index in [2.05, 4.69) is 10.3 Å². The van der Waals surface area contributed by atoms with E-state index >= 15 is 0 Å². The molecule has 1 amide bonds. The van der Waals surface area contributed by atoms with Gasteiger partial charge in [0.05, 0.1) is 11.4 Å². The van der Waals surface area contributed by atoms with Gasteiger partial charge < -0.3 is 16.0 Å². The van der Waals surface area contributed by atoms with Gasteiger partial charge in [-0.2, -0.15) is 0 Å². The largest absolute Gasteiger partial charge is 0.398 e. The number of hydrogen-bond acceptors (Lipinski definition) is 4. The summed E-state index contributed by atoms with van der Waals surface area (Å²) in [4.78, 5) is 18.0. The van der Waals surface area contributed by atoms with Crippen molar-refractivity contribution in [2.24, 2.45) is 0 Å². The Morgan fingerprint density at radius 3 is 2.95 bits per heavy atom. The van der Waals surface area contributed by atoms with Crippen LogP contribution in [-0.4, -0.2) is 17.4 Å². The lowest BCUT2D eigenvalue weighted by atomic mass is 10.2. The summed E-state index contributed by atoms with van der Waals surface area (Å²) in [6.07, 6.45) is 1.72. The number of nitrogen functional groups attached to an aromatic ring is 1. The van der Waals surface area contributed by atoms with Gasteiger partial charge in [0.1, 0.15) is 12.4 Å². The average molecular weight is 254 g/mol. The highest BCUT2D eigenvalue weighted by molar-refractivity contribution is 6.02. The summed E-state index contributed by atoms with van der Waals surface area (Å²) in [6, 6.07) is 9.44. The van der Waals surface area contributed by atoms with Crippen LogP contribution in [0.5, 0.6) is 0 Å². The van der Waals surface area contributed by atoms with E-state index in [1.54, 1.807) is 12.3 Å². The molecule has 96 valence electrons. The van der Waals surface area contributed by atoms with Crippen LogP contribution in [0.25, 0.3) is 0 Å². The van der Waals surface area contributed by atoms with Crippen LogP contribution in [0.2, 0.25) is 0 Å². The lowest BCUT2D eigenvalue weighted by Gasteiger charge is -2.30. The third-order valence-electron chi connectivity index (χ3n) is 3.18. The van der Waals surface area contributed by atoms with E-state index in [1.807, 2.05) is 36.1 Å². The third kappa shape index (κ3) is 1.99. The molecule has 0 radical (unpaired) electrons. The van der Waals surface area contributed by atoms with Crippen molar-refractivity contribution in [1.82, 2.24) is 4.98 Å². The van der Waals surface area contributed by atoms with Gasteiger partial charge >= 0.3 is 0 Å². The van der Waals surface area contributed by atoms with E-state index in [4.69, 9.17) is 5.73 Å². The van der Waals surface area contributed by atoms with Gasteiger partial charge in [0.15, 0.2) is 0 Å². The third-order valence-corrected chi connectivity index (χ3v) is 3.18. The number of rotatable bonds is 1. The summed E-state index contributed by atoms with van der Waals surface area (Å²) in [6.45, 7) is 2.15. The molecular formula is C14H14N4O. The Labute approximate surface area is 111 Å². The highest BCUT2D eigenvalue weighted by Gasteiger charge is 2.23. The number of nitrogens with one attached hydrogen (secondary N) is 1. The first kappa shape index (κ1) is 11.5. The predicted octanol–water partition coefficient (Wildman–Crippen LogP) is 2.06. The maximum absolute atomic E-state index is 11.7. The van der Waals surface area contributed by atoms with Crippen LogP contribution >= 0.6 is 0 Å². The number of aryl methyl sites for hydroxylation is 1. The van der Waals surface area contributed by atoms with E-state index in [0.29, 0.717) is 11.5 Å². The second-order valence-corrected chi connectivity index (χ2v) is 4.55. The molecule has 1 aliphatic rings. The zero-order valence-electron chi connectivity index (χ0n) is 10.6. The standard InChI is InChI=1S/C14H14N4O/c1-9-7-16-13(6-10(9)15)18-8-14(19)17-11-4-2-3-5-12(11)18/h2-7H,8H2,1H3,(H2,15,16)(H,17,19). The summed E-state index contributed by atoms with van der Waals surface area (Å²) >= 11 is 0. The van der Waals surface area contributed by atoms with Crippen LogP contribution in [0.15, 0.2) is 36.5 Å². The van der Waals surface area contributed by atoms with Crippen LogP contribution in [-0.2, 0) is 4.79 Å². The monoisotopic (exact) mass is 254 g/mol. The molecule has 2 aromatic rings. The van der Waals surface area contributed by atoms with E-state index in [9.17, 15) is 4.79 Å². The number of benzene rings is 1. The molecule has 0 bridgehead atoms. The van der Waals surface area contributed by atoms with E-state index in [-0.39, 0.29) is 12.5 Å². The number of amides is 1. The highest BCUT2D eigenvalue weighted by atomic mass is 16.2. The van der Waals surface area contributed by atoms with Crippen molar-refractivity contribution in [1.29, 1.82) is 0 Å². The summed E-state index contributed by atoms with van der Waals surface area (Å²) in [5.74, 6) is 0.630. The number of anilines is 4. The molecule has 5 nitrogen and oxygen atoms in total. The summed E-state index contributed by atoms with van der Waals surface area (Å²) < 4.78 is 0. The van der Waals surface area contributed by atoms with Crippen molar-refractivity contribution in [3.63, 3.8) is 0 Å². The average Bonchev–Trinajstić information content (AvgIpc) is 2.41. The Morgan fingerprint density at radius 1 is 1.37 bits per heavy atom. The molecule has 1 aromatic carbocycles. The van der Waals surface area contributed by atoms with E-state index in [0.717, 1.165) is 16.9 Å². The van der Waals surface area contributed by atoms with Crippen LogP contribution in [0.4, 0.5) is 22.9 Å². The highest BCUT2D eigenvalue weighted by Crippen LogP contribution is 2.34. The van der Waals surface area contributed by atoms with Crippen molar-refractivity contribution in [2.45, 2.75) is 6.92 Å². The topological polar surface area (TPSA) is 71.2 Å². The van der Waals surface area contributed by atoms with E-state index in [1.165, 1.54) is 0 Å². The Morgan fingerprint density at radius 2 is 2.16 bits per heavy atom. The molecule has 2 heterocycles. The molecule has 0 spiro atoms. The van der Waals surface area contributed by atoms with Crippen molar-refractivity contribution >= 4 is 28.8 Å². The molecule has 1 aliphatic heterocycles.